The van der Waals surface area contributed by atoms with Crippen molar-refractivity contribution in [2.45, 2.75) is 28.4 Å². The molecule has 0 saturated carbocycles. The van der Waals surface area contributed by atoms with Gasteiger partial charge in [0.1, 0.15) is 16.5 Å². The van der Waals surface area contributed by atoms with E-state index in [-0.39, 0.29) is 28.3 Å². The van der Waals surface area contributed by atoms with Gasteiger partial charge in [-0.25, -0.2) is 30.3 Å². The summed E-state index contributed by atoms with van der Waals surface area (Å²) in [5, 5.41) is -0.514. The number of halogens is 3. The summed E-state index contributed by atoms with van der Waals surface area (Å²) in [6.45, 7) is 1.41. The number of pyridine rings is 1. The molecule has 2 atom stereocenters. The third-order valence-corrected chi connectivity index (χ3v) is 10.1. The van der Waals surface area contributed by atoms with E-state index in [0.717, 1.165) is 18.2 Å². The van der Waals surface area contributed by atoms with Crippen LogP contribution in [0.2, 0.25) is 5.02 Å². The highest BCUT2D eigenvalue weighted by molar-refractivity contribution is 7.91. The molecule has 0 aliphatic rings. The van der Waals surface area contributed by atoms with Crippen molar-refractivity contribution in [2.75, 3.05) is 6.54 Å². The lowest BCUT2D eigenvalue weighted by Crippen LogP contribution is -2.29. The summed E-state index contributed by atoms with van der Waals surface area (Å²) in [4.78, 5) is 4.04. The molecule has 11 heteroatoms. The Balaban J connectivity index is 1.62. The quantitative estimate of drug-likeness (QED) is 0.282. The minimum atomic E-state index is -4.21. The molecule has 4 aromatic rings. The standard InChI is InChI=1S/C26H23ClF2N2O4S2/c1-17(13-15-31-37(34,35)24-6-2-4-18-5-3-14-30-25(18)24)26(22-16-20(28)9-12-23(22)29)36(32,33)21-10-7-19(27)8-11-21/h2-12,14,16-17,26,31H,13,15H2,1H3. The first-order chi connectivity index (χ1) is 17.5. The molecule has 0 fully saturated rings. The minimum Gasteiger partial charge on any atom is -0.255 e. The molecule has 6 nitrogen and oxygen atoms in total. The van der Waals surface area contributed by atoms with E-state index >= 15 is 0 Å². The van der Waals surface area contributed by atoms with Gasteiger partial charge in [-0.3, -0.25) is 4.98 Å². The van der Waals surface area contributed by atoms with E-state index < -0.39 is 42.7 Å². The number of rotatable bonds is 9. The predicted octanol–water partition coefficient (Wildman–Crippen LogP) is 5.69. The number of nitrogens with zero attached hydrogens (tertiary/aromatic N) is 1. The van der Waals surface area contributed by atoms with Gasteiger partial charge < -0.3 is 0 Å². The van der Waals surface area contributed by atoms with Crippen LogP contribution in [0.15, 0.2) is 88.8 Å². The monoisotopic (exact) mass is 564 g/mol. The van der Waals surface area contributed by atoms with Crippen LogP contribution in [0.25, 0.3) is 10.9 Å². The maximum atomic E-state index is 14.8. The smallest absolute Gasteiger partial charge is 0.242 e. The summed E-state index contributed by atoms with van der Waals surface area (Å²) in [6.07, 6.45) is 1.51. The lowest BCUT2D eigenvalue weighted by Gasteiger charge is -2.25. The number of sulfonamides is 1. The Bertz CT molecular complexity index is 1640. The molecule has 1 aromatic heterocycles. The number of fused-ring (bicyclic) bond motifs is 1. The van der Waals surface area contributed by atoms with Gasteiger partial charge in [0.2, 0.25) is 10.0 Å². The average molecular weight is 565 g/mol. The van der Waals surface area contributed by atoms with Gasteiger partial charge in [0.25, 0.3) is 0 Å². The normalized spacial score (nSPS) is 13.9. The van der Waals surface area contributed by atoms with Crippen LogP contribution in [0.5, 0.6) is 0 Å². The highest BCUT2D eigenvalue weighted by atomic mass is 35.5. The molecule has 2 unspecified atom stereocenters. The van der Waals surface area contributed by atoms with Crippen molar-refractivity contribution in [2.24, 2.45) is 5.92 Å². The molecule has 0 amide bonds. The molecule has 1 N–H and O–H groups in total. The number of sulfone groups is 1. The van der Waals surface area contributed by atoms with Crippen LogP contribution in [0.3, 0.4) is 0 Å². The molecule has 4 rings (SSSR count). The van der Waals surface area contributed by atoms with Crippen molar-refractivity contribution >= 4 is 42.4 Å². The highest BCUT2D eigenvalue weighted by Gasteiger charge is 2.36. The molecule has 194 valence electrons. The Hall–Kier alpha value is -2.92. The minimum absolute atomic E-state index is 0.0141. The van der Waals surface area contributed by atoms with E-state index in [1.165, 1.54) is 36.5 Å². The van der Waals surface area contributed by atoms with Crippen LogP contribution in [0.4, 0.5) is 8.78 Å². The van der Waals surface area contributed by atoms with Crippen molar-refractivity contribution in [3.63, 3.8) is 0 Å². The van der Waals surface area contributed by atoms with Crippen molar-refractivity contribution < 1.29 is 25.6 Å². The Labute approximate surface area is 219 Å². The number of hydrogen-bond donors (Lipinski definition) is 1. The van der Waals surface area contributed by atoms with Crippen molar-refractivity contribution in [3.05, 3.63) is 101 Å². The van der Waals surface area contributed by atoms with Gasteiger partial charge in [-0.15, -0.1) is 0 Å². The summed E-state index contributed by atoms with van der Waals surface area (Å²) in [5.74, 6) is -2.47. The molecule has 1 heterocycles. The van der Waals surface area contributed by atoms with Gasteiger partial charge in [-0.1, -0.05) is 36.7 Å². The second-order valence-electron chi connectivity index (χ2n) is 8.58. The summed E-state index contributed by atoms with van der Waals surface area (Å²) < 4.78 is 84.6. The molecule has 0 spiro atoms. The van der Waals surface area contributed by atoms with E-state index in [0.29, 0.717) is 15.9 Å². The summed E-state index contributed by atoms with van der Waals surface area (Å²) in [7, 11) is -8.20. The summed E-state index contributed by atoms with van der Waals surface area (Å²) >= 11 is 5.89. The van der Waals surface area contributed by atoms with E-state index in [2.05, 4.69) is 9.71 Å². The number of aromatic nitrogens is 1. The van der Waals surface area contributed by atoms with Gasteiger partial charge in [-0.2, -0.15) is 0 Å². The highest BCUT2D eigenvalue weighted by Crippen LogP contribution is 2.38. The van der Waals surface area contributed by atoms with Crippen molar-refractivity contribution in [1.29, 1.82) is 0 Å². The lowest BCUT2D eigenvalue weighted by molar-refractivity contribution is 0.465. The van der Waals surface area contributed by atoms with E-state index in [1.54, 1.807) is 31.2 Å². The molecule has 0 saturated heterocycles. The number of benzene rings is 3. The molecular weight excluding hydrogens is 542 g/mol. The van der Waals surface area contributed by atoms with Crippen LogP contribution in [-0.2, 0) is 19.9 Å². The maximum Gasteiger partial charge on any atom is 0.242 e. The zero-order valence-electron chi connectivity index (χ0n) is 19.6. The first kappa shape index (κ1) is 27.1. The molecule has 0 aliphatic carbocycles. The fourth-order valence-electron chi connectivity index (χ4n) is 4.23. The Morgan fingerprint density at radius 2 is 1.65 bits per heavy atom. The second kappa shape index (κ2) is 10.8. The Morgan fingerprint density at radius 3 is 2.38 bits per heavy atom. The lowest BCUT2D eigenvalue weighted by atomic mass is 9.97. The molecule has 0 aliphatic heterocycles. The fraction of sp³-hybridized carbons (Fsp3) is 0.192. The number of para-hydroxylation sites is 1. The van der Waals surface area contributed by atoms with Crippen LogP contribution in [0.1, 0.15) is 24.2 Å². The topological polar surface area (TPSA) is 93.2 Å². The molecule has 0 bridgehead atoms. The summed E-state index contributed by atoms with van der Waals surface area (Å²) in [6, 6.07) is 16.2. The average Bonchev–Trinajstić information content (AvgIpc) is 2.86. The van der Waals surface area contributed by atoms with Gasteiger partial charge in [0.05, 0.1) is 15.7 Å². The Kier molecular flexibility index (Phi) is 7.94. The van der Waals surface area contributed by atoms with Gasteiger partial charge in [0.15, 0.2) is 9.84 Å². The molecular formula is C26H23ClF2N2O4S2. The Morgan fingerprint density at radius 1 is 0.946 bits per heavy atom. The SMILES string of the molecule is CC(CCNS(=O)(=O)c1cccc2cccnc12)C(c1cc(F)ccc1F)S(=O)(=O)c1ccc(Cl)cc1. The van der Waals surface area contributed by atoms with E-state index in [9.17, 15) is 25.6 Å². The summed E-state index contributed by atoms with van der Waals surface area (Å²) in [5.41, 5.74) is -0.0286. The van der Waals surface area contributed by atoms with Crippen molar-refractivity contribution in [3.8, 4) is 0 Å². The third kappa shape index (κ3) is 5.82. The largest absolute Gasteiger partial charge is 0.255 e. The van der Waals surface area contributed by atoms with Crippen LogP contribution in [-0.4, -0.2) is 28.4 Å². The fourth-order valence-corrected chi connectivity index (χ4v) is 7.65. The van der Waals surface area contributed by atoms with Crippen molar-refractivity contribution in [1.82, 2.24) is 9.71 Å². The van der Waals surface area contributed by atoms with E-state index in [1.807, 2.05) is 0 Å². The number of nitrogens with one attached hydrogen (secondary N) is 1. The molecule has 3 aromatic carbocycles. The zero-order valence-corrected chi connectivity index (χ0v) is 22.0. The van der Waals surface area contributed by atoms with E-state index in [4.69, 9.17) is 11.6 Å². The predicted molar refractivity (Wildman–Crippen MR) is 138 cm³/mol. The second-order valence-corrected chi connectivity index (χ2v) is 12.8. The maximum absolute atomic E-state index is 14.8. The molecule has 37 heavy (non-hydrogen) atoms. The first-order valence-corrected chi connectivity index (χ1v) is 14.7. The van der Waals surface area contributed by atoms with Gasteiger partial charge in [0, 0.05) is 28.7 Å². The number of hydrogen-bond acceptors (Lipinski definition) is 5. The van der Waals surface area contributed by atoms with Gasteiger partial charge >= 0.3 is 0 Å². The molecule has 0 radical (unpaired) electrons. The zero-order chi connectivity index (χ0) is 26.8. The first-order valence-electron chi connectivity index (χ1n) is 11.3. The van der Waals surface area contributed by atoms with Crippen LogP contribution in [0, 0.1) is 17.6 Å². The third-order valence-electron chi connectivity index (χ3n) is 6.03. The van der Waals surface area contributed by atoms with Crippen LogP contribution < -0.4 is 4.72 Å². The van der Waals surface area contributed by atoms with Crippen LogP contribution >= 0.6 is 11.6 Å². The van der Waals surface area contributed by atoms with Gasteiger partial charge in [-0.05, 0) is 66.9 Å².